The van der Waals surface area contributed by atoms with E-state index in [9.17, 15) is 14.0 Å². The summed E-state index contributed by atoms with van der Waals surface area (Å²) in [4.78, 5) is 31.9. The predicted molar refractivity (Wildman–Crippen MR) is 84.7 cm³/mol. The van der Waals surface area contributed by atoms with Crippen LogP contribution in [-0.2, 0) is 11.2 Å². The van der Waals surface area contributed by atoms with Crippen LogP contribution >= 0.6 is 11.3 Å². The van der Waals surface area contributed by atoms with Crippen LogP contribution in [0, 0.1) is 5.82 Å². The second-order valence-corrected chi connectivity index (χ2v) is 6.03. The van der Waals surface area contributed by atoms with E-state index in [4.69, 9.17) is 0 Å². The largest absolute Gasteiger partial charge is 0.339 e. The van der Waals surface area contributed by atoms with Gasteiger partial charge in [-0.3, -0.25) is 9.59 Å². The van der Waals surface area contributed by atoms with Gasteiger partial charge in [-0.25, -0.2) is 9.37 Å². The van der Waals surface area contributed by atoms with E-state index >= 15 is 0 Å². The Kier molecular flexibility index (Phi) is 4.66. The first-order valence-electron chi connectivity index (χ1n) is 7.34. The Morgan fingerprint density at radius 1 is 1.13 bits per heavy atom. The van der Waals surface area contributed by atoms with Crippen molar-refractivity contribution in [1.29, 1.82) is 0 Å². The van der Waals surface area contributed by atoms with Crippen molar-refractivity contribution < 1.29 is 14.0 Å². The summed E-state index contributed by atoms with van der Waals surface area (Å²) in [6, 6.07) is 5.96. The zero-order valence-electron chi connectivity index (χ0n) is 12.4. The quantitative estimate of drug-likeness (QED) is 0.861. The number of nitrogens with zero attached hydrogens (tertiary/aromatic N) is 3. The zero-order chi connectivity index (χ0) is 16.2. The molecule has 2 heterocycles. The van der Waals surface area contributed by atoms with Gasteiger partial charge in [-0.15, -0.1) is 11.3 Å². The maximum atomic E-state index is 13.7. The molecule has 0 bridgehead atoms. The van der Waals surface area contributed by atoms with Gasteiger partial charge in [0.25, 0.3) is 5.91 Å². The highest BCUT2D eigenvalue weighted by Crippen LogP contribution is 2.13. The molecule has 1 fully saturated rings. The van der Waals surface area contributed by atoms with Gasteiger partial charge in [-0.2, -0.15) is 0 Å². The monoisotopic (exact) mass is 333 g/mol. The molecule has 2 aromatic rings. The fourth-order valence-electron chi connectivity index (χ4n) is 2.56. The van der Waals surface area contributed by atoms with Crippen LogP contribution in [0.15, 0.2) is 35.2 Å². The number of rotatable bonds is 3. The highest BCUT2D eigenvalue weighted by Gasteiger charge is 2.26. The number of piperazine rings is 1. The summed E-state index contributed by atoms with van der Waals surface area (Å²) in [5.41, 5.74) is 2.55. The molecular weight excluding hydrogens is 317 g/mol. The van der Waals surface area contributed by atoms with Crippen LogP contribution in [-0.4, -0.2) is 52.8 Å². The fraction of sp³-hybridized carbons (Fsp3) is 0.312. The number of carbonyl (C=O) groups is 2. The molecule has 2 amide bonds. The van der Waals surface area contributed by atoms with Crippen molar-refractivity contribution in [2.24, 2.45) is 0 Å². The molecule has 3 rings (SSSR count). The Morgan fingerprint density at radius 3 is 2.48 bits per heavy atom. The Bertz CT molecular complexity index is 697. The van der Waals surface area contributed by atoms with E-state index < -0.39 is 5.82 Å². The Labute approximate surface area is 137 Å². The van der Waals surface area contributed by atoms with Crippen LogP contribution < -0.4 is 0 Å². The summed E-state index contributed by atoms with van der Waals surface area (Å²) in [7, 11) is 0. The minimum atomic E-state index is -0.514. The first kappa shape index (κ1) is 15.6. The number of hydrogen-bond acceptors (Lipinski definition) is 4. The van der Waals surface area contributed by atoms with E-state index in [0.717, 1.165) is 5.69 Å². The van der Waals surface area contributed by atoms with E-state index in [-0.39, 0.29) is 23.8 Å². The van der Waals surface area contributed by atoms with Gasteiger partial charge in [0.05, 0.1) is 23.2 Å². The van der Waals surface area contributed by atoms with Crippen LogP contribution in [0.3, 0.4) is 0 Å². The highest BCUT2D eigenvalue weighted by molar-refractivity contribution is 7.07. The van der Waals surface area contributed by atoms with E-state index in [1.165, 1.54) is 23.5 Å². The van der Waals surface area contributed by atoms with Crippen LogP contribution in [0.5, 0.6) is 0 Å². The third-order valence-corrected chi connectivity index (χ3v) is 4.47. The lowest BCUT2D eigenvalue weighted by Crippen LogP contribution is -2.51. The SMILES string of the molecule is O=C(Cc1cscn1)N1CCN(C(=O)c2ccccc2F)CC1. The van der Waals surface area contributed by atoms with Gasteiger partial charge in [0.1, 0.15) is 5.82 Å². The van der Waals surface area contributed by atoms with Gasteiger partial charge in [0.15, 0.2) is 0 Å². The average molecular weight is 333 g/mol. The molecule has 5 nitrogen and oxygen atoms in total. The number of benzene rings is 1. The molecule has 1 saturated heterocycles. The van der Waals surface area contributed by atoms with Crippen molar-refractivity contribution in [3.05, 3.63) is 52.2 Å². The molecule has 1 aliphatic rings. The Balaban J connectivity index is 1.57. The van der Waals surface area contributed by atoms with Crippen LogP contribution in [0.2, 0.25) is 0 Å². The van der Waals surface area contributed by atoms with Gasteiger partial charge in [0.2, 0.25) is 5.91 Å². The van der Waals surface area contributed by atoms with Gasteiger partial charge in [0, 0.05) is 31.6 Å². The number of hydrogen-bond donors (Lipinski definition) is 0. The van der Waals surface area contributed by atoms with Crippen molar-refractivity contribution in [2.75, 3.05) is 26.2 Å². The molecule has 1 aliphatic heterocycles. The summed E-state index contributed by atoms with van der Waals surface area (Å²) < 4.78 is 13.7. The summed E-state index contributed by atoms with van der Waals surface area (Å²) in [5, 5.41) is 1.86. The molecule has 120 valence electrons. The highest BCUT2D eigenvalue weighted by atomic mass is 32.1. The molecule has 7 heteroatoms. The fourth-order valence-corrected chi connectivity index (χ4v) is 3.11. The molecule has 23 heavy (non-hydrogen) atoms. The minimum absolute atomic E-state index is 0.00823. The van der Waals surface area contributed by atoms with Gasteiger partial charge in [-0.05, 0) is 12.1 Å². The molecular formula is C16H16FN3O2S. The molecule has 1 aromatic carbocycles. The number of halogens is 1. The molecule has 0 saturated carbocycles. The minimum Gasteiger partial charge on any atom is -0.339 e. The third kappa shape index (κ3) is 3.56. The van der Waals surface area contributed by atoms with Crippen molar-refractivity contribution >= 4 is 23.2 Å². The predicted octanol–water partition coefficient (Wildman–Crippen LogP) is 1.81. The van der Waals surface area contributed by atoms with Crippen LogP contribution in [0.25, 0.3) is 0 Å². The van der Waals surface area contributed by atoms with E-state index in [2.05, 4.69) is 4.98 Å². The molecule has 0 radical (unpaired) electrons. The van der Waals surface area contributed by atoms with Gasteiger partial charge in [-0.1, -0.05) is 12.1 Å². The molecule has 0 N–H and O–H groups in total. The average Bonchev–Trinajstić information content (AvgIpc) is 3.08. The third-order valence-electron chi connectivity index (χ3n) is 3.84. The second kappa shape index (κ2) is 6.87. The van der Waals surface area contributed by atoms with E-state index in [0.29, 0.717) is 26.2 Å². The maximum absolute atomic E-state index is 13.7. The number of aromatic nitrogens is 1. The van der Waals surface area contributed by atoms with Crippen LogP contribution in [0.1, 0.15) is 16.1 Å². The van der Waals surface area contributed by atoms with Gasteiger partial charge >= 0.3 is 0 Å². The topological polar surface area (TPSA) is 53.5 Å². The first-order chi connectivity index (χ1) is 11.1. The van der Waals surface area contributed by atoms with E-state index in [1.54, 1.807) is 27.4 Å². The zero-order valence-corrected chi connectivity index (χ0v) is 13.3. The lowest BCUT2D eigenvalue weighted by Gasteiger charge is -2.34. The van der Waals surface area contributed by atoms with Crippen molar-refractivity contribution in [3.8, 4) is 0 Å². The summed E-state index contributed by atoms with van der Waals surface area (Å²) >= 11 is 1.46. The summed E-state index contributed by atoms with van der Waals surface area (Å²) in [6.07, 6.45) is 0.282. The lowest BCUT2D eigenvalue weighted by atomic mass is 10.1. The van der Waals surface area contributed by atoms with Gasteiger partial charge < -0.3 is 9.80 Å². The maximum Gasteiger partial charge on any atom is 0.256 e. The lowest BCUT2D eigenvalue weighted by molar-refractivity contribution is -0.132. The second-order valence-electron chi connectivity index (χ2n) is 5.31. The van der Waals surface area contributed by atoms with Crippen molar-refractivity contribution in [1.82, 2.24) is 14.8 Å². The normalized spacial score (nSPS) is 14.8. The van der Waals surface area contributed by atoms with Crippen molar-refractivity contribution in [2.45, 2.75) is 6.42 Å². The molecule has 0 unspecified atom stereocenters. The molecule has 0 spiro atoms. The first-order valence-corrected chi connectivity index (χ1v) is 8.28. The number of thiazole rings is 1. The Hall–Kier alpha value is -2.28. The molecule has 0 aliphatic carbocycles. The number of amides is 2. The summed E-state index contributed by atoms with van der Waals surface area (Å²) in [6.45, 7) is 1.75. The standard InChI is InChI=1S/C16H16FN3O2S/c17-14-4-2-1-3-13(14)16(22)20-7-5-19(6-8-20)15(21)9-12-10-23-11-18-12/h1-4,10-11H,5-9H2. The molecule has 1 aromatic heterocycles. The van der Waals surface area contributed by atoms with E-state index in [1.807, 2.05) is 5.38 Å². The van der Waals surface area contributed by atoms with Crippen molar-refractivity contribution in [3.63, 3.8) is 0 Å². The van der Waals surface area contributed by atoms with Crippen LogP contribution in [0.4, 0.5) is 4.39 Å². The summed E-state index contributed by atoms with van der Waals surface area (Å²) in [5.74, 6) is -0.830. The Morgan fingerprint density at radius 2 is 1.83 bits per heavy atom. The smallest absolute Gasteiger partial charge is 0.256 e. The number of carbonyl (C=O) groups excluding carboxylic acids is 2. The molecule has 0 atom stereocenters.